The predicted octanol–water partition coefficient (Wildman–Crippen LogP) is 2.12. The Labute approximate surface area is 140 Å². The molecule has 24 heavy (non-hydrogen) atoms. The number of hydrogen-bond donors (Lipinski definition) is 1. The summed E-state index contributed by atoms with van der Waals surface area (Å²) in [6, 6.07) is 1.84. The Hall–Kier alpha value is -2.13. The molecule has 0 radical (unpaired) electrons. The maximum atomic E-state index is 12.5. The standard InChI is InChI=1S/C14H14ClF3N4O2/c1-8(23)7-21(2)10-6-20-22(13(24)12(10)15)11-4-3-9(5-19-11)14(16,17)18/h3-6,8,23H,7H2,1-2H3. The largest absolute Gasteiger partial charge is 0.417 e. The summed E-state index contributed by atoms with van der Waals surface area (Å²) in [5, 5.41) is 13.1. The molecule has 0 amide bonds. The van der Waals surface area contributed by atoms with Crippen LogP contribution >= 0.6 is 11.6 Å². The van der Waals surface area contributed by atoms with Crippen LogP contribution in [-0.2, 0) is 6.18 Å². The topological polar surface area (TPSA) is 71.2 Å². The fraction of sp³-hybridized carbons (Fsp3) is 0.357. The van der Waals surface area contributed by atoms with Crippen molar-refractivity contribution in [3.05, 3.63) is 45.5 Å². The van der Waals surface area contributed by atoms with Gasteiger partial charge < -0.3 is 10.0 Å². The van der Waals surface area contributed by atoms with Crippen LogP contribution in [0.5, 0.6) is 0 Å². The van der Waals surface area contributed by atoms with E-state index in [4.69, 9.17) is 11.6 Å². The molecule has 0 saturated carbocycles. The third-order valence-electron chi connectivity index (χ3n) is 3.14. The van der Waals surface area contributed by atoms with E-state index in [9.17, 15) is 23.1 Å². The summed E-state index contributed by atoms with van der Waals surface area (Å²) in [6.07, 6.45) is -3.27. The number of nitrogens with zero attached hydrogens (tertiary/aromatic N) is 4. The van der Waals surface area contributed by atoms with E-state index in [1.54, 1.807) is 18.9 Å². The molecule has 0 aliphatic rings. The van der Waals surface area contributed by atoms with Gasteiger partial charge in [0.2, 0.25) is 0 Å². The number of rotatable bonds is 4. The van der Waals surface area contributed by atoms with Crippen molar-refractivity contribution in [2.75, 3.05) is 18.5 Å². The highest BCUT2D eigenvalue weighted by Gasteiger charge is 2.30. The second-order valence-corrected chi connectivity index (χ2v) is 5.57. The van der Waals surface area contributed by atoms with E-state index in [0.29, 0.717) is 11.9 Å². The number of aromatic nitrogens is 3. The Kier molecular flexibility index (Phi) is 5.14. The second-order valence-electron chi connectivity index (χ2n) is 5.19. The number of anilines is 1. The van der Waals surface area contributed by atoms with Crippen molar-refractivity contribution >= 4 is 17.3 Å². The van der Waals surface area contributed by atoms with Crippen molar-refractivity contribution in [2.45, 2.75) is 19.2 Å². The molecule has 0 saturated heterocycles. The molecule has 2 aromatic heterocycles. The fourth-order valence-corrected chi connectivity index (χ4v) is 2.30. The normalized spacial score (nSPS) is 13.0. The van der Waals surface area contributed by atoms with Crippen LogP contribution in [0.25, 0.3) is 5.82 Å². The molecule has 6 nitrogen and oxygen atoms in total. The summed E-state index contributed by atoms with van der Waals surface area (Å²) in [5.74, 6) is -0.0837. The first kappa shape index (κ1) is 18.2. The molecular weight excluding hydrogens is 349 g/mol. The minimum absolute atomic E-state index is 0.0837. The van der Waals surface area contributed by atoms with E-state index in [1.165, 1.54) is 6.20 Å². The lowest BCUT2D eigenvalue weighted by molar-refractivity contribution is -0.137. The van der Waals surface area contributed by atoms with Crippen molar-refractivity contribution in [1.82, 2.24) is 14.8 Å². The van der Waals surface area contributed by atoms with Crippen LogP contribution in [0, 0.1) is 0 Å². The third kappa shape index (κ3) is 3.85. The van der Waals surface area contributed by atoms with Crippen LogP contribution in [0.15, 0.2) is 29.3 Å². The quantitative estimate of drug-likeness (QED) is 0.902. The minimum atomic E-state index is -4.52. The van der Waals surface area contributed by atoms with Gasteiger partial charge in [0.25, 0.3) is 5.56 Å². The molecule has 0 spiro atoms. The lowest BCUT2D eigenvalue weighted by atomic mass is 10.3. The fourth-order valence-electron chi connectivity index (χ4n) is 2.03. The van der Waals surface area contributed by atoms with Crippen molar-refractivity contribution < 1.29 is 18.3 Å². The lowest BCUT2D eigenvalue weighted by Gasteiger charge is -2.21. The van der Waals surface area contributed by atoms with Gasteiger partial charge in [0.15, 0.2) is 5.82 Å². The van der Waals surface area contributed by atoms with Crippen LogP contribution in [0.4, 0.5) is 18.9 Å². The maximum Gasteiger partial charge on any atom is 0.417 e. The van der Waals surface area contributed by atoms with E-state index in [1.807, 2.05) is 0 Å². The first-order valence-corrected chi connectivity index (χ1v) is 7.19. The number of likely N-dealkylation sites (N-methyl/N-ethyl adjacent to an activating group) is 1. The number of halogens is 4. The molecule has 130 valence electrons. The van der Waals surface area contributed by atoms with E-state index in [0.717, 1.165) is 16.8 Å². The highest BCUT2D eigenvalue weighted by atomic mass is 35.5. The van der Waals surface area contributed by atoms with Gasteiger partial charge in [0.1, 0.15) is 5.02 Å². The molecule has 0 aliphatic heterocycles. The molecule has 1 atom stereocenters. The van der Waals surface area contributed by atoms with Gasteiger partial charge in [0, 0.05) is 19.8 Å². The summed E-state index contributed by atoms with van der Waals surface area (Å²) < 4.78 is 38.4. The van der Waals surface area contributed by atoms with E-state index in [-0.39, 0.29) is 17.4 Å². The average molecular weight is 363 g/mol. The van der Waals surface area contributed by atoms with Gasteiger partial charge >= 0.3 is 6.18 Å². The van der Waals surface area contributed by atoms with E-state index in [2.05, 4.69) is 10.1 Å². The molecule has 2 aromatic rings. The molecule has 0 bridgehead atoms. The summed E-state index contributed by atoms with van der Waals surface area (Å²) >= 11 is 6.03. The minimum Gasteiger partial charge on any atom is -0.392 e. The zero-order valence-corrected chi connectivity index (χ0v) is 13.5. The zero-order chi connectivity index (χ0) is 18.1. The van der Waals surface area contributed by atoms with Gasteiger partial charge in [-0.15, -0.1) is 0 Å². The second kappa shape index (κ2) is 6.78. The first-order chi connectivity index (χ1) is 11.1. The number of aliphatic hydroxyl groups is 1. The lowest BCUT2D eigenvalue weighted by Crippen LogP contribution is -2.31. The number of hydrogen-bond acceptors (Lipinski definition) is 5. The zero-order valence-electron chi connectivity index (χ0n) is 12.8. The van der Waals surface area contributed by atoms with Crippen LogP contribution in [0.3, 0.4) is 0 Å². The van der Waals surface area contributed by atoms with Gasteiger partial charge in [-0.2, -0.15) is 23.0 Å². The molecule has 1 N–H and O–H groups in total. The Balaban J connectivity index is 2.39. The van der Waals surface area contributed by atoms with Crippen molar-refractivity contribution in [3.63, 3.8) is 0 Å². The van der Waals surface area contributed by atoms with Gasteiger partial charge in [-0.05, 0) is 19.1 Å². The molecule has 2 heterocycles. The Bertz CT molecular complexity index is 775. The molecule has 0 aliphatic carbocycles. The van der Waals surface area contributed by atoms with Gasteiger partial charge in [-0.1, -0.05) is 11.6 Å². The highest BCUT2D eigenvalue weighted by Crippen LogP contribution is 2.28. The number of alkyl halides is 3. The van der Waals surface area contributed by atoms with E-state index < -0.39 is 23.4 Å². The van der Waals surface area contributed by atoms with Crippen molar-refractivity contribution in [2.24, 2.45) is 0 Å². The molecule has 0 fully saturated rings. The molecular formula is C14H14ClF3N4O2. The Morgan fingerprint density at radius 3 is 2.54 bits per heavy atom. The summed E-state index contributed by atoms with van der Waals surface area (Å²) in [7, 11) is 1.62. The summed E-state index contributed by atoms with van der Waals surface area (Å²) in [5.41, 5.74) is -1.36. The van der Waals surface area contributed by atoms with Crippen LogP contribution in [-0.4, -0.2) is 39.6 Å². The third-order valence-corrected chi connectivity index (χ3v) is 3.50. The molecule has 2 rings (SSSR count). The summed E-state index contributed by atoms with van der Waals surface area (Å²) in [4.78, 5) is 17.4. The Morgan fingerprint density at radius 1 is 1.38 bits per heavy atom. The van der Waals surface area contributed by atoms with Crippen LogP contribution in [0.1, 0.15) is 12.5 Å². The summed E-state index contributed by atoms with van der Waals surface area (Å²) in [6.45, 7) is 1.80. The Morgan fingerprint density at radius 2 is 2.04 bits per heavy atom. The van der Waals surface area contributed by atoms with Gasteiger partial charge in [-0.3, -0.25) is 4.79 Å². The highest BCUT2D eigenvalue weighted by molar-refractivity contribution is 6.33. The molecule has 10 heteroatoms. The molecule has 0 aromatic carbocycles. The first-order valence-electron chi connectivity index (χ1n) is 6.82. The monoisotopic (exact) mass is 362 g/mol. The van der Waals surface area contributed by atoms with Gasteiger partial charge in [0.05, 0.1) is 23.6 Å². The number of pyridine rings is 1. The van der Waals surface area contributed by atoms with Gasteiger partial charge in [-0.25, -0.2) is 4.98 Å². The number of aliphatic hydroxyl groups excluding tert-OH is 1. The average Bonchev–Trinajstić information content (AvgIpc) is 2.48. The van der Waals surface area contributed by atoms with Crippen LogP contribution in [0.2, 0.25) is 5.02 Å². The van der Waals surface area contributed by atoms with Crippen molar-refractivity contribution in [1.29, 1.82) is 0 Å². The SMILES string of the molecule is CC(O)CN(C)c1cnn(-c2ccc(C(F)(F)F)cn2)c(=O)c1Cl. The van der Waals surface area contributed by atoms with Crippen molar-refractivity contribution in [3.8, 4) is 5.82 Å². The van der Waals surface area contributed by atoms with E-state index >= 15 is 0 Å². The molecule has 1 unspecified atom stereocenters. The maximum absolute atomic E-state index is 12.5. The smallest absolute Gasteiger partial charge is 0.392 e. The van der Waals surface area contributed by atoms with Crippen LogP contribution < -0.4 is 10.5 Å². The predicted molar refractivity (Wildman–Crippen MR) is 82.6 cm³/mol.